The molecule has 0 unspecified atom stereocenters. The highest BCUT2D eigenvalue weighted by Crippen LogP contribution is 2.19. The highest BCUT2D eigenvalue weighted by Gasteiger charge is 2.28. The van der Waals surface area contributed by atoms with Gasteiger partial charge in [0.25, 0.3) is 5.91 Å². The molecule has 0 aliphatic rings. The van der Waals surface area contributed by atoms with E-state index in [1.54, 1.807) is 17.4 Å². The standard InChI is InChI=1S/C17H15F3N2O4/c18-17(19,20)10-21-16(25)22-14(23)9-26-15(24)8-12-6-3-5-11-4-1-2-7-13(11)12/h1-7H,8-10H2,(H2,21,22,23,25). The molecule has 0 saturated heterocycles. The molecule has 0 aliphatic carbocycles. The molecule has 0 fully saturated rings. The van der Waals surface area contributed by atoms with Crippen molar-refractivity contribution in [3.8, 4) is 0 Å². The summed E-state index contributed by atoms with van der Waals surface area (Å²) in [6, 6.07) is 11.5. The summed E-state index contributed by atoms with van der Waals surface area (Å²) in [5.41, 5.74) is 0.705. The molecule has 2 N–H and O–H groups in total. The van der Waals surface area contributed by atoms with Crippen LogP contribution in [0.2, 0.25) is 0 Å². The number of hydrogen-bond acceptors (Lipinski definition) is 4. The van der Waals surface area contributed by atoms with Gasteiger partial charge in [0.1, 0.15) is 6.54 Å². The maximum Gasteiger partial charge on any atom is 0.405 e. The van der Waals surface area contributed by atoms with E-state index < -0.39 is 37.2 Å². The van der Waals surface area contributed by atoms with Gasteiger partial charge < -0.3 is 10.1 Å². The first kappa shape index (κ1) is 19.2. The lowest BCUT2D eigenvalue weighted by atomic mass is 10.0. The Labute approximate surface area is 146 Å². The Bertz CT molecular complexity index is 816. The number of imide groups is 1. The molecule has 2 aromatic carbocycles. The third-order valence-electron chi connectivity index (χ3n) is 3.28. The number of ether oxygens (including phenoxy) is 1. The minimum Gasteiger partial charge on any atom is -0.455 e. The molecule has 0 aromatic heterocycles. The van der Waals surface area contributed by atoms with Crippen LogP contribution in [0, 0.1) is 0 Å². The van der Waals surface area contributed by atoms with Crippen LogP contribution >= 0.6 is 0 Å². The van der Waals surface area contributed by atoms with Crippen molar-refractivity contribution in [1.29, 1.82) is 0 Å². The number of rotatable bonds is 5. The van der Waals surface area contributed by atoms with Crippen molar-refractivity contribution < 1.29 is 32.3 Å². The number of alkyl halides is 3. The second-order valence-corrected chi connectivity index (χ2v) is 5.32. The highest BCUT2D eigenvalue weighted by atomic mass is 19.4. The molecule has 2 rings (SSSR count). The molecular weight excluding hydrogens is 353 g/mol. The quantitative estimate of drug-likeness (QED) is 0.794. The molecule has 0 heterocycles. The molecule has 3 amide bonds. The van der Waals surface area contributed by atoms with E-state index in [4.69, 9.17) is 4.74 Å². The zero-order valence-corrected chi connectivity index (χ0v) is 13.4. The number of carbonyl (C=O) groups is 3. The number of fused-ring (bicyclic) bond motifs is 1. The molecule has 0 bridgehead atoms. The molecular formula is C17H15F3N2O4. The van der Waals surface area contributed by atoms with E-state index in [2.05, 4.69) is 0 Å². The number of urea groups is 1. The van der Waals surface area contributed by atoms with Crippen LogP contribution in [0.5, 0.6) is 0 Å². The van der Waals surface area contributed by atoms with Crippen LogP contribution in [0.15, 0.2) is 42.5 Å². The fraction of sp³-hybridized carbons (Fsp3) is 0.235. The summed E-state index contributed by atoms with van der Waals surface area (Å²) < 4.78 is 40.5. The first-order valence-corrected chi connectivity index (χ1v) is 7.51. The van der Waals surface area contributed by atoms with Crippen LogP contribution in [0.1, 0.15) is 5.56 Å². The van der Waals surface area contributed by atoms with Crippen molar-refractivity contribution in [1.82, 2.24) is 10.6 Å². The van der Waals surface area contributed by atoms with Crippen LogP contribution < -0.4 is 10.6 Å². The zero-order chi connectivity index (χ0) is 19.2. The minimum atomic E-state index is -4.59. The smallest absolute Gasteiger partial charge is 0.405 e. The van der Waals surface area contributed by atoms with Gasteiger partial charge in [0.2, 0.25) is 0 Å². The third-order valence-corrected chi connectivity index (χ3v) is 3.28. The molecule has 0 atom stereocenters. The number of halogens is 3. The normalized spacial score (nSPS) is 11.0. The van der Waals surface area contributed by atoms with Gasteiger partial charge in [-0.2, -0.15) is 13.2 Å². The van der Waals surface area contributed by atoms with Crippen molar-refractivity contribution >= 4 is 28.7 Å². The lowest BCUT2D eigenvalue weighted by Crippen LogP contribution is -2.44. The van der Waals surface area contributed by atoms with Crippen LogP contribution in [0.4, 0.5) is 18.0 Å². The molecule has 9 heteroatoms. The fourth-order valence-corrected chi connectivity index (χ4v) is 2.19. The molecule has 0 spiro atoms. The van der Waals surface area contributed by atoms with Crippen molar-refractivity contribution in [3.63, 3.8) is 0 Å². The van der Waals surface area contributed by atoms with Crippen LogP contribution in [-0.4, -0.2) is 37.2 Å². The number of benzene rings is 2. The predicted octanol–water partition coefficient (Wildman–Crippen LogP) is 2.31. The van der Waals surface area contributed by atoms with Crippen LogP contribution in [-0.2, 0) is 20.7 Å². The summed E-state index contributed by atoms with van der Waals surface area (Å²) in [5, 5.41) is 4.91. The molecule has 0 saturated carbocycles. The van der Waals surface area contributed by atoms with Crippen molar-refractivity contribution in [3.05, 3.63) is 48.0 Å². The lowest BCUT2D eigenvalue weighted by Gasteiger charge is -2.10. The molecule has 26 heavy (non-hydrogen) atoms. The topological polar surface area (TPSA) is 84.5 Å². The van der Waals surface area contributed by atoms with Gasteiger partial charge in [-0.05, 0) is 16.3 Å². The van der Waals surface area contributed by atoms with Crippen molar-refractivity contribution in [2.24, 2.45) is 0 Å². The van der Waals surface area contributed by atoms with Crippen molar-refractivity contribution in [2.75, 3.05) is 13.2 Å². The Balaban J connectivity index is 1.81. The molecule has 0 radical (unpaired) electrons. The summed E-state index contributed by atoms with van der Waals surface area (Å²) in [5.74, 6) is -1.73. The first-order chi connectivity index (χ1) is 12.2. The first-order valence-electron chi connectivity index (χ1n) is 7.51. The molecule has 2 aromatic rings. The Morgan fingerprint density at radius 2 is 1.69 bits per heavy atom. The van der Waals surface area contributed by atoms with Crippen molar-refractivity contribution in [2.45, 2.75) is 12.6 Å². The van der Waals surface area contributed by atoms with Gasteiger partial charge in [-0.15, -0.1) is 0 Å². The van der Waals surface area contributed by atoms with E-state index in [1.807, 2.05) is 30.3 Å². The maximum atomic E-state index is 11.9. The van der Waals surface area contributed by atoms with Gasteiger partial charge >= 0.3 is 18.2 Å². The number of amides is 3. The maximum absolute atomic E-state index is 11.9. The second kappa shape index (κ2) is 8.32. The Kier molecular flexibility index (Phi) is 6.16. The predicted molar refractivity (Wildman–Crippen MR) is 86.2 cm³/mol. The number of nitrogens with one attached hydrogen (secondary N) is 2. The van der Waals surface area contributed by atoms with Gasteiger partial charge in [-0.3, -0.25) is 14.9 Å². The van der Waals surface area contributed by atoms with Gasteiger partial charge in [0.15, 0.2) is 6.61 Å². The fourth-order valence-electron chi connectivity index (χ4n) is 2.19. The van der Waals surface area contributed by atoms with Crippen LogP contribution in [0.25, 0.3) is 10.8 Å². The lowest BCUT2D eigenvalue weighted by molar-refractivity contribution is -0.147. The van der Waals surface area contributed by atoms with E-state index in [0.29, 0.717) is 5.56 Å². The second-order valence-electron chi connectivity index (χ2n) is 5.32. The summed E-state index contributed by atoms with van der Waals surface area (Å²) in [7, 11) is 0. The van der Waals surface area contributed by atoms with E-state index in [1.165, 1.54) is 5.32 Å². The minimum absolute atomic E-state index is 0.0884. The van der Waals surface area contributed by atoms with Crippen LogP contribution in [0.3, 0.4) is 0 Å². The average Bonchev–Trinajstić information content (AvgIpc) is 2.58. The zero-order valence-electron chi connectivity index (χ0n) is 13.4. The van der Waals surface area contributed by atoms with E-state index >= 15 is 0 Å². The number of esters is 1. The average molecular weight is 368 g/mol. The number of carbonyl (C=O) groups excluding carboxylic acids is 3. The molecule has 138 valence electrons. The van der Waals surface area contributed by atoms with E-state index in [-0.39, 0.29) is 6.42 Å². The summed E-state index contributed by atoms with van der Waals surface area (Å²) in [4.78, 5) is 34.4. The Morgan fingerprint density at radius 3 is 2.42 bits per heavy atom. The highest BCUT2D eigenvalue weighted by molar-refractivity contribution is 5.96. The van der Waals surface area contributed by atoms with E-state index in [0.717, 1.165) is 10.8 Å². The number of hydrogen-bond donors (Lipinski definition) is 2. The largest absolute Gasteiger partial charge is 0.455 e. The van der Waals surface area contributed by atoms with Gasteiger partial charge in [-0.1, -0.05) is 42.5 Å². The van der Waals surface area contributed by atoms with Gasteiger partial charge in [-0.25, -0.2) is 4.79 Å². The van der Waals surface area contributed by atoms with Gasteiger partial charge in [0.05, 0.1) is 6.42 Å². The third kappa shape index (κ3) is 6.08. The Hall–Kier alpha value is -3.10. The van der Waals surface area contributed by atoms with E-state index in [9.17, 15) is 27.6 Å². The SMILES string of the molecule is O=C(COC(=O)Cc1cccc2ccccc12)NC(=O)NCC(F)(F)F. The van der Waals surface area contributed by atoms with Gasteiger partial charge in [0, 0.05) is 0 Å². The summed E-state index contributed by atoms with van der Waals surface area (Å²) >= 11 is 0. The molecule has 6 nitrogen and oxygen atoms in total. The monoisotopic (exact) mass is 368 g/mol. The summed E-state index contributed by atoms with van der Waals surface area (Å²) in [6.07, 6.45) is -4.68. The summed E-state index contributed by atoms with van der Waals surface area (Å²) in [6.45, 7) is -2.35. The molecule has 0 aliphatic heterocycles. The Morgan fingerprint density at radius 1 is 1.00 bits per heavy atom.